The molecule has 0 unspecified atom stereocenters. The first kappa shape index (κ1) is 15.5. The molecule has 1 N–H and O–H groups in total. The second kappa shape index (κ2) is 7.28. The topological polar surface area (TPSA) is 32.3 Å². The normalized spacial score (nSPS) is 19.0. The predicted molar refractivity (Wildman–Crippen MR) is 90.3 cm³/mol. The fourth-order valence-electron chi connectivity index (χ4n) is 3.74. The molecule has 1 saturated heterocycles. The number of benzene rings is 1. The summed E-state index contributed by atoms with van der Waals surface area (Å²) >= 11 is 0. The van der Waals surface area contributed by atoms with Crippen LogP contribution in [-0.4, -0.2) is 37.0 Å². The summed E-state index contributed by atoms with van der Waals surface area (Å²) < 4.78 is 0. The first-order valence-corrected chi connectivity index (χ1v) is 8.89. The van der Waals surface area contributed by atoms with Gasteiger partial charge in [0.05, 0.1) is 0 Å². The van der Waals surface area contributed by atoms with Gasteiger partial charge in [-0.05, 0) is 80.8 Å². The quantitative estimate of drug-likeness (QED) is 0.927. The van der Waals surface area contributed by atoms with Crippen LogP contribution in [-0.2, 0) is 12.8 Å². The fraction of sp³-hybridized carbons (Fsp3) is 0.632. The number of carbonyl (C=O) groups excluding carboxylic acids is 1. The molecule has 1 fully saturated rings. The smallest absolute Gasteiger partial charge is 0.253 e. The third-order valence-electron chi connectivity index (χ3n) is 5.18. The minimum atomic E-state index is 0.232. The van der Waals surface area contributed by atoms with Crippen LogP contribution in [0.5, 0.6) is 0 Å². The molecule has 0 aromatic heterocycles. The highest BCUT2D eigenvalue weighted by molar-refractivity contribution is 5.94. The molecule has 3 heteroatoms. The lowest BCUT2D eigenvalue weighted by atomic mass is 9.90. The van der Waals surface area contributed by atoms with Gasteiger partial charge in [-0.1, -0.05) is 13.0 Å². The Morgan fingerprint density at radius 2 is 1.91 bits per heavy atom. The van der Waals surface area contributed by atoms with Crippen molar-refractivity contribution in [2.24, 2.45) is 5.92 Å². The summed E-state index contributed by atoms with van der Waals surface area (Å²) in [5.41, 5.74) is 3.75. The monoisotopic (exact) mass is 300 g/mol. The van der Waals surface area contributed by atoms with Gasteiger partial charge in [-0.25, -0.2) is 0 Å². The number of hydrogen-bond acceptors (Lipinski definition) is 2. The molecule has 1 aliphatic heterocycles. The van der Waals surface area contributed by atoms with Gasteiger partial charge in [-0.3, -0.25) is 4.79 Å². The zero-order valence-electron chi connectivity index (χ0n) is 13.7. The van der Waals surface area contributed by atoms with Crippen LogP contribution >= 0.6 is 0 Å². The van der Waals surface area contributed by atoms with Crippen molar-refractivity contribution in [2.45, 2.75) is 45.4 Å². The van der Waals surface area contributed by atoms with Crippen LogP contribution in [0, 0.1) is 5.92 Å². The number of piperidine rings is 1. The number of fused-ring (bicyclic) bond motifs is 1. The van der Waals surface area contributed by atoms with Gasteiger partial charge in [-0.15, -0.1) is 0 Å². The van der Waals surface area contributed by atoms with E-state index in [-0.39, 0.29) is 5.91 Å². The van der Waals surface area contributed by atoms with Crippen molar-refractivity contribution in [3.05, 3.63) is 34.9 Å². The van der Waals surface area contributed by atoms with Gasteiger partial charge in [0.2, 0.25) is 0 Å². The SMILES string of the molecule is CCNCC1CCN(C(=O)c2ccc3c(c2)CCCC3)CC1. The molecule has 0 atom stereocenters. The maximum absolute atomic E-state index is 12.7. The van der Waals surface area contributed by atoms with Crippen LogP contribution in [0.2, 0.25) is 0 Å². The first-order valence-electron chi connectivity index (χ1n) is 8.89. The Kier molecular flexibility index (Phi) is 5.14. The van der Waals surface area contributed by atoms with E-state index in [1.54, 1.807) is 0 Å². The Hall–Kier alpha value is -1.35. The van der Waals surface area contributed by atoms with E-state index in [9.17, 15) is 4.79 Å². The van der Waals surface area contributed by atoms with E-state index in [1.807, 2.05) is 11.0 Å². The number of carbonyl (C=O) groups is 1. The molecule has 1 aliphatic carbocycles. The number of nitrogens with one attached hydrogen (secondary N) is 1. The lowest BCUT2D eigenvalue weighted by Crippen LogP contribution is -2.40. The Morgan fingerprint density at radius 1 is 1.18 bits per heavy atom. The molecule has 0 spiro atoms. The highest BCUT2D eigenvalue weighted by Crippen LogP contribution is 2.24. The number of amides is 1. The summed E-state index contributed by atoms with van der Waals surface area (Å²) in [6.45, 7) is 6.10. The van der Waals surface area contributed by atoms with Crippen molar-refractivity contribution in [3.63, 3.8) is 0 Å². The molecule has 1 aromatic carbocycles. The average Bonchev–Trinajstić information content (AvgIpc) is 2.59. The maximum Gasteiger partial charge on any atom is 0.253 e. The van der Waals surface area contributed by atoms with Gasteiger partial charge >= 0.3 is 0 Å². The Bertz CT molecular complexity index is 518. The van der Waals surface area contributed by atoms with Crippen LogP contribution in [0.15, 0.2) is 18.2 Å². The number of nitrogens with zero attached hydrogens (tertiary/aromatic N) is 1. The maximum atomic E-state index is 12.7. The zero-order chi connectivity index (χ0) is 15.4. The van der Waals surface area contributed by atoms with E-state index < -0.39 is 0 Å². The van der Waals surface area contributed by atoms with E-state index in [0.29, 0.717) is 0 Å². The van der Waals surface area contributed by atoms with E-state index in [2.05, 4.69) is 24.4 Å². The molecule has 22 heavy (non-hydrogen) atoms. The van der Waals surface area contributed by atoms with Crippen molar-refractivity contribution in [3.8, 4) is 0 Å². The molecule has 1 heterocycles. The number of likely N-dealkylation sites (tertiary alicyclic amines) is 1. The Labute approximate surface area is 134 Å². The van der Waals surface area contributed by atoms with Crippen molar-refractivity contribution in [1.82, 2.24) is 10.2 Å². The van der Waals surface area contributed by atoms with Crippen molar-refractivity contribution >= 4 is 5.91 Å². The molecule has 1 amide bonds. The highest BCUT2D eigenvalue weighted by Gasteiger charge is 2.24. The largest absolute Gasteiger partial charge is 0.339 e. The molecule has 3 nitrogen and oxygen atoms in total. The molecule has 2 aliphatic rings. The van der Waals surface area contributed by atoms with Gasteiger partial charge in [0.1, 0.15) is 0 Å². The third-order valence-corrected chi connectivity index (χ3v) is 5.18. The third kappa shape index (κ3) is 3.52. The van der Waals surface area contributed by atoms with Crippen molar-refractivity contribution in [1.29, 1.82) is 0 Å². The first-order chi connectivity index (χ1) is 10.8. The summed E-state index contributed by atoms with van der Waals surface area (Å²) in [5, 5.41) is 3.42. The molecule has 1 aromatic rings. The summed E-state index contributed by atoms with van der Waals surface area (Å²) in [5.74, 6) is 0.961. The van der Waals surface area contributed by atoms with Crippen LogP contribution in [0.25, 0.3) is 0 Å². The second-order valence-electron chi connectivity index (χ2n) is 6.73. The molecule has 120 valence electrons. The van der Waals surface area contributed by atoms with Crippen LogP contribution in [0.1, 0.15) is 54.1 Å². The molecular weight excluding hydrogens is 272 g/mol. The summed E-state index contributed by atoms with van der Waals surface area (Å²) in [7, 11) is 0. The highest BCUT2D eigenvalue weighted by atomic mass is 16.2. The van der Waals surface area contributed by atoms with Crippen LogP contribution in [0.3, 0.4) is 0 Å². The van der Waals surface area contributed by atoms with Crippen molar-refractivity contribution in [2.75, 3.05) is 26.2 Å². The van der Waals surface area contributed by atoms with Crippen LogP contribution < -0.4 is 5.32 Å². The van der Waals surface area contributed by atoms with Gasteiger partial charge in [0, 0.05) is 18.7 Å². The Morgan fingerprint density at radius 3 is 2.64 bits per heavy atom. The van der Waals surface area contributed by atoms with E-state index in [0.717, 1.165) is 56.9 Å². The minimum absolute atomic E-state index is 0.232. The van der Waals surface area contributed by atoms with Crippen molar-refractivity contribution < 1.29 is 4.79 Å². The van der Waals surface area contributed by atoms with E-state index in [4.69, 9.17) is 0 Å². The lowest BCUT2D eigenvalue weighted by molar-refractivity contribution is 0.0690. The van der Waals surface area contributed by atoms with E-state index in [1.165, 1.54) is 30.4 Å². The second-order valence-corrected chi connectivity index (χ2v) is 6.73. The molecule has 0 bridgehead atoms. The van der Waals surface area contributed by atoms with Gasteiger partial charge < -0.3 is 10.2 Å². The van der Waals surface area contributed by atoms with Gasteiger partial charge in [0.25, 0.3) is 5.91 Å². The summed E-state index contributed by atoms with van der Waals surface area (Å²) in [4.78, 5) is 14.8. The molecular formula is C19H28N2O. The number of rotatable bonds is 4. The van der Waals surface area contributed by atoms with Crippen LogP contribution in [0.4, 0.5) is 0 Å². The number of hydrogen-bond donors (Lipinski definition) is 1. The predicted octanol–water partition coefficient (Wildman–Crippen LogP) is 3.03. The molecule has 0 saturated carbocycles. The molecule has 3 rings (SSSR count). The minimum Gasteiger partial charge on any atom is -0.339 e. The van der Waals surface area contributed by atoms with Gasteiger partial charge in [0.15, 0.2) is 0 Å². The zero-order valence-corrected chi connectivity index (χ0v) is 13.7. The summed E-state index contributed by atoms with van der Waals surface area (Å²) in [6.07, 6.45) is 7.13. The van der Waals surface area contributed by atoms with Gasteiger partial charge in [-0.2, -0.15) is 0 Å². The lowest BCUT2D eigenvalue weighted by Gasteiger charge is -2.32. The average molecular weight is 300 g/mol. The standard InChI is InChI=1S/C19H28N2O/c1-2-20-14-15-9-11-21(12-10-15)19(22)18-8-7-16-5-3-4-6-17(16)13-18/h7-8,13,15,20H,2-6,9-12,14H2,1H3. The fourth-order valence-corrected chi connectivity index (χ4v) is 3.74. The molecule has 0 radical (unpaired) electrons. The Balaban J connectivity index is 1.60. The number of aryl methyl sites for hydroxylation is 2. The summed E-state index contributed by atoms with van der Waals surface area (Å²) in [6, 6.07) is 6.37. The van der Waals surface area contributed by atoms with E-state index >= 15 is 0 Å².